The Morgan fingerprint density at radius 2 is 1.79 bits per heavy atom. The standard InChI is InChI=1S/C29H26F2N6O2/c1-2-24-28(35-38)20(16-39-24)15-25-33-23-12-11-22(30)26(27(31)29(23)34-25)19-5-3-17(4-6-19)18-7-9-21(10-8-18)37-14-13-32-36-37/h3-11,13-14,20,24,28H,2,12,15-16H2,1H3,(H,33,34)/t20-,24-,28?/m1/s1. The van der Waals surface area contributed by atoms with Crippen LogP contribution in [0.15, 0.2) is 78.0 Å². The molecule has 2 aromatic heterocycles. The van der Waals surface area contributed by atoms with E-state index in [1.807, 2.05) is 43.3 Å². The van der Waals surface area contributed by atoms with Crippen LogP contribution in [0, 0.1) is 10.8 Å². The van der Waals surface area contributed by atoms with E-state index in [0.717, 1.165) is 16.8 Å². The highest BCUT2D eigenvalue weighted by molar-refractivity contribution is 5.95. The minimum Gasteiger partial charge on any atom is -0.375 e. The van der Waals surface area contributed by atoms with Gasteiger partial charge in [-0.05, 0) is 41.3 Å². The van der Waals surface area contributed by atoms with Crippen LogP contribution in [0.5, 0.6) is 0 Å². The highest BCUT2D eigenvalue weighted by Crippen LogP contribution is 2.38. The van der Waals surface area contributed by atoms with Crippen molar-refractivity contribution in [1.29, 1.82) is 0 Å². The lowest BCUT2D eigenvalue weighted by Crippen LogP contribution is -2.25. The molecule has 3 heterocycles. The number of rotatable bonds is 7. The molecule has 1 unspecified atom stereocenters. The van der Waals surface area contributed by atoms with Crippen LogP contribution in [-0.2, 0) is 17.6 Å². The van der Waals surface area contributed by atoms with Gasteiger partial charge in [0.15, 0.2) is 5.83 Å². The predicted molar refractivity (Wildman–Crippen MR) is 143 cm³/mol. The van der Waals surface area contributed by atoms with Crippen molar-refractivity contribution in [2.24, 2.45) is 11.1 Å². The second-order valence-corrected chi connectivity index (χ2v) is 9.77. The lowest BCUT2D eigenvalue weighted by molar-refractivity contribution is 0.0987. The Morgan fingerprint density at radius 3 is 2.46 bits per heavy atom. The van der Waals surface area contributed by atoms with Gasteiger partial charge in [-0.15, -0.1) is 5.10 Å². The van der Waals surface area contributed by atoms with Crippen molar-refractivity contribution < 1.29 is 13.5 Å². The molecule has 10 heteroatoms. The van der Waals surface area contributed by atoms with E-state index in [4.69, 9.17) is 4.74 Å². The number of halogens is 2. The molecule has 0 spiro atoms. The molecule has 1 aliphatic heterocycles. The average Bonchev–Trinajstić information content (AvgIpc) is 3.71. The van der Waals surface area contributed by atoms with Gasteiger partial charge in [-0.25, -0.2) is 18.4 Å². The number of nitrogens with one attached hydrogen (secondary N) is 1. The molecular weight excluding hydrogens is 502 g/mol. The monoisotopic (exact) mass is 528 g/mol. The van der Waals surface area contributed by atoms with Crippen molar-refractivity contribution in [3.8, 4) is 16.8 Å². The van der Waals surface area contributed by atoms with E-state index in [2.05, 4.69) is 25.5 Å². The molecule has 0 amide bonds. The maximum Gasteiger partial charge on any atom is 0.161 e. The molecule has 1 fully saturated rings. The van der Waals surface area contributed by atoms with Gasteiger partial charge in [-0.1, -0.05) is 53.7 Å². The fraction of sp³-hybridized carbons (Fsp3) is 0.276. The van der Waals surface area contributed by atoms with Gasteiger partial charge in [-0.2, -0.15) is 4.91 Å². The minimum absolute atomic E-state index is 0.0956. The summed E-state index contributed by atoms with van der Waals surface area (Å²) >= 11 is 0. The summed E-state index contributed by atoms with van der Waals surface area (Å²) in [5, 5.41) is 11.1. The van der Waals surface area contributed by atoms with E-state index in [0.29, 0.717) is 36.5 Å². The molecule has 0 radical (unpaired) electrons. The van der Waals surface area contributed by atoms with Crippen molar-refractivity contribution in [3.63, 3.8) is 0 Å². The second-order valence-electron chi connectivity index (χ2n) is 9.77. The van der Waals surface area contributed by atoms with E-state index in [1.165, 1.54) is 6.08 Å². The molecule has 3 atom stereocenters. The van der Waals surface area contributed by atoms with Gasteiger partial charge >= 0.3 is 0 Å². The predicted octanol–water partition coefficient (Wildman–Crippen LogP) is 6.01. The third-order valence-electron chi connectivity index (χ3n) is 7.41. The Kier molecular flexibility index (Phi) is 6.70. The SMILES string of the molecule is CC[C@H]1OC[C@@H](Cc2nc3c([nH]2)CC=C(F)C(c2ccc(-c4ccc(-n5ccnn5)cc4)cc2)=C3F)C1N=O. The molecule has 1 N–H and O–H groups in total. The Hall–Kier alpha value is -4.31. The number of nitroso groups, excluding NO2 is 1. The van der Waals surface area contributed by atoms with Crippen molar-refractivity contribution in [2.75, 3.05) is 6.61 Å². The summed E-state index contributed by atoms with van der Waals surface area (Å²) in [5.74, 6) is -0.957. The highest BCUT2D eigenvalue weighted by Gasteiger charge is 2.38. The summed E-state index contributed by atoms with van der Waals surface area (Å²) in [6.45, 7) is 2.35. The zero-order valence-electron chi connectivity index (χ0n) is 21.2. The first kappa shape index (κ1) is 25.0. The molecular formula is C29H26F2N6O2. The minimum atomic E-state index is -0.720. The third kappa shape index (κ3) is 4.72. The van der Waals surface area contributed by atoms with Crippen LogP contribution < -0.4 is 0 Å². The molecule has 6 rings (SSSR count). The number of nitrogens with zero attached hydrogens (tertiary/aromatic N) is 5. The average molecular weight is 529 g/mol. The van der Waals surface area contributed by atoms with Gasteiger partial charge in [0.25, 0.3) is 0 Å². The van der Waals surface area contributed by atoms with Crippen LogP contribution in [-0.4, -0.2) is 43.7 Å². The van der Waals surface area contributed by atoms with Gasteiger partial charge in [0.1, 0.15) is 23.4 Å². The van der Waals surface area contributed by atoms with Crippen LogP contribution in [0.4, 0.5) is 8.78 Å². The normalized spacial score (nSPS) is 21.0. The molecule has 198 valence electrons. The molecule has 4 aromatic rings. The van der Waals surface area contributed by atoms with Crippen LogP contribution in [0.25, 0.3) is 28.2 Å². The Morgan fingerprint density at radius 1 is 1.08 bits per heavy atom. The first-order chi connectivity index (χ1) is 19.1. The second kappa shape index (κ2) is 10.5. The number of hydrogen-bond donors (Lipinski definition) is 1. The van der Waals surface area contributed by atoms with E-state index in [1.54, 1.807) is 29.2 Å². The number of aromatic amines is 1. The molecule has 2 aliphatic rings. The van der Waals surface area contributed by atoms with Gasteiger partial charge in [0, 0.05) is 24.5 Å². The van der Waals surface area contributed by atoms with Crippen molar-refractivity contribution in [3.05, 3.63) is 101 Å². The van der Waals surface area contributed by atoms with E-state index >= 15 is 8.78 Å². The fourth-order valence-electron chi connectivity index (χ4n) is 5.34. The van der Waals surface area contributed by atoms with E-state index < -0.39 is 17.7 Å². The van der Waals surface area contributed by atoms with Crippen molar-refractivity contribution >= 4 is 11.4 Å². The van der Waals surface area contributed by atoms with Gasteiger partial charge in [-0.3, -0.25) is 0 Å². The molecule has 1 aliphatic carbocycles. The van der Waals surface area contributed by atoms with Gasteiger partial charge in [0.2, 0.25) is 0 Å². The Bertz CT molecular complexity index is 1540. The maximum absolute atomic E-state index is 15.8. The third-order valence-corrected chi connectivity index (χ3v) is 7.41. The van der Waals surface area contributed by atoms with Crippen molar-refractivity contribution in [1.82, 2.24) is 25.0 Å². The molecule has 2 aromatic carbocycles. The Balaban J connectivity index is 1.26. The van der Waals surface area contributed by atoms with Gasteiger partial charge < -0.3 is 9.72 Å². The number of benzene rings is 2. The molecule has 1 saturated heterocycles. The van der Waals surface area contributed by atoms with E-state index in [9.17, 15) is 4.91 Å². The Labute approximate surface area is 223 Å². The summed E-state index contributed by atoms with van der Waals surface area (Å²) in [5.41, 5.74) is 3.64. The summed E-state index contributed by atoms with van der Waals surface area (Å²) in [6, 6.07) is 14.4. The van der Waals surface area contributed by atoms with Gasteiger partial charge in [0.05, 0.1) is 36.4 Å². The van der Waals surface area contributed by atoms with Crippen molar-refractivity contribution in [2.45, 2.75) is 38.3 Å². The summed E-state index contributed by atoms with van der Waals surface area (Å²) in [4.78, 5) is 19.0. The summed E-state index contributed by atoms with van der Waals surface area (Å²) in [7, 11) is 0. The van der Waals surface area contributed by atoms with Crippen LogP contribution in [0.2, 0.25) is 0 Å². The first-order valence-corrected chi connectivity index (χ1v) is 12.9. The fourth-order valence-corrected chi connectivity index (χ4v) is 5.34. The smallest absolute Gasteiger partial charge is 0.161 e. The zero-order chi connectivity index (χ0) is 26.9. The number of allylic oxidation sites excluding steroid dienone is 3. The zero-order valence-corrected chi connectivity index (χ0v) is 21.2. The number of imidazole rings is 1. The van der Waals surface area contributed by atoms with Crippen LogP contribution in [0.1, 0.15) is 36.1 Å². The molecule has 39 heavy (non-hydrogen) atoms. The van der Waals surface area contributed by atoms with Crippen LogP contribution in [0.3, 0.4) is 0 Å². The van der Waals surface area contributed by atoms with Crippen LogP contribution >= 0.6 is 0 Å². The molecule has 0 bridgehead atoms. The quantitative estimate of drug-likeness (QED) is 0.297. The number of hydrogen-bond acceptors (Lipinski definition) is 6. The number of fused-ring (bicyclic) bond motifs is 1. The number of aromatic nitrogens is 5. The molecule has 0 saturated carbocycles. The lowest BCUT2D eigenvalue weighted by Gasteiger charge is -2.13. The van der Waals surface area contributed by atoms with E-state index in [-0.39, 0.29) is 29.7 Å². The first-order valence-electron chi connectivity index (χ1n) is 12.9. The lowest BCUT2D eigenvalue weighted by atomic mass is 9.95. The maximum atomic E-state index is 15.8. The molecule has 8 nitrogen and oxygen atoms in total. The number of ether oxygens (including phenoxy) is 1. The summed E-state index contributed by atoms with van der Waals surface area (Å²) < 4.78 is 38.3. The highest BCUT2D eigenvalue weighted by atomic mass is 19.1. The number of H-pyrrole nitrogens is 1. The summed E-state index contributed by atoms with van der Waals surface area (Å²) in [6.07, 6.45) is 5.80. The topological polar surface area (TPSA) is 98.1 Å². The largest absolute Gasteiger partial charge is 0.375 e.